The second kappa shape index (κ2) is 4.77. The molecule has 2 aromatic rings. The standard InChI is InChI=1S/C14H18N4O2/c1-9-11(6-17(2)16-9)7-18-8-12(5-10-3-4-10)15-13(18)14(19)20/h6,8,10H,3-5,7H2,1-2H3,(H,19,20). The van der Waals surface area contributed by atoms with E-state index in [1.807, 2.05) is 26.4 Å². The van der Waals surface area contributed by atoms with Crippen molar-refractivity contribution in [2.45, 2.75) is 32.7 Å². The summed E-state index contributed by atoms with van der Waals surface area (Å²) in [5.41, 5.74) is 2.82. The fourth-order valence-electron chi connectivity index (χ4n) is 2.46. The highest BCUT2D eigenvalue weighted by Gasteiger charge is 2.24. The SMILES string of the molecule is Cc1nn(C)cc1Cn1cc(CC2CC2)nc1C(=O)O. The lowest BCUT2D eigenvalue weighted by Crippen LogP contribution is -2.10. The zero-order valence-corrected chi connectivity index (χ0v) is 11.7. The number of nitrogens with zero attached hydrogens (tertiary/aromatic N) is 4. The molecule has 0 spiro atoms. The molecule has 0 saturated heterocycles. The van der Waals surface area contributed by atoms with Crippen molar-refractivity contribution in [3.8, 4) is 0 Å². The van der Waals surface area contributed by atoms with Gasteiger partial charge < -0.3 is 9.67 Å². The second-order valence-corrected chi connectivity index (χ2v) is 5.55. The Morgan fingerprint density at radius 2 is 2.20 bits per heavy atom. The number of imidazole rings is 1. The van der Waals surface area contributed by atoms with Crippen LogP contribution in [-0.4, -0.2) is 30.4 Å². The molecule has 1 fully saturated rings. The molecule has 1 N–H and O–H groups in total. The topological polar surface area (TPSA) is 72.9 Å². The van der Waals surface area contributed by atoms with E-state index in [1.54, 1.807) is 9.25 Å². The highest BCUT2D eigenvalue weighted by atomic mass is 16.4. The van der Waals surface area contributed by atoms with Gasteiger partial charge in [-0.05, 0) is 32.1 Å². The van der Waals surface area contributed by atoms with E-state index in [0.717, 1.165) is 23.4 Å². The summed E-state index contributed by atoms with van der Waals surface area (Å²) in [6, 6.07) is 0. The largest absolute Gasteiger partial charge is 0.475 e. The molecule has 1 aliphatic carbocycles. The first kappa shape index (κ1) is 12.9. The Balaban J connectivity index is 1.88. The third-order valence-electron chi connectivity index (χ3n) is 3.67. The van der Waals surface area contributed by atoms with Crippen LogP contribution in [0.15, 0.2) is 12.4 Å². The summed E-state index contributed by atoms with van der Waals surface area (Å²) in [6.45, 7) is 2.43. The van der Waals surface area contributed by atoms with E-state index in [-0.39, 0.29) is 5.82 Å². The van der Waals surface area contributed by atoms with Gasteiger partial charge in [-0.25, -0.2) is 9.78 Å². The molecule has 0 aliphatic heterocycles. The van der Waals surface area contributed by atoms with Crippen molar-refractivity contribution in [1.29, 1.82) is 0 Å². The molecule has 0 radical (unpaired) electrons. The Labute approximate surface area is 117 Å². The molecule has 2 heterocycles. The van der Waals surface area contributed by atoms with Crippen LogP contribution in [0.1, 0.15) is 40.4 Å². The zero-order chi connectivity index (χ0) is 14.3. The highest BCUT2D eigenvalue weighted by molar-refractivity contribution is 5.83. The molecule has 1 aliphatic rings. The maximum atomic E-state index is 11.3. The maximum Gasteiger partial charge on any atom is 0.372 e. The van der Waals surface area contributed by atoms with Gasteiger partial charge in [-0.1, -0.05) is 0 Å². The molecule has 0 aromatic carbocycles. The van der Waals surface area contributed by atoms with E-state index in [1.165, 1.54) is 12.8 Å². The number of aryl methyl sites for hydroxylation is 2. The van der Waals surface area contributed by atoms with Crippen molar-refractivity contribution >= 4 is 5.97 Å². The Morgan fingerprint density at radius 1 is 1.45 bits per heavy atom. The van der Waals surface area contributed by atoms with Gasteiger partial charge in [-0.3, -0.25) is 4.68 Å². The quantitative estimate of drug-likeness (QED) is 0.899. The number of carbonyl (C=O) groups is 1. The van der Waals surface area contributed by atoms with Crippen LogP contribution in [0.3, 0.4) is 0 Å². The van der Waals surface area contributed by atoms with Crippen LogP contribution in [0.4, 0.5) is 0 Å². The van der Waals surface area contributed by atoms with Gasteiger partial charge in [-0.15, -0.1) is 0 Å². The number of aromatic nitrogens is 4. The molecule has 106 valence electrons. The van der Waals surface area contributed by atoms with Crippen molar-refractivity contribution in [2.75, 3.05) is 0 Å². The van der Waals surface area contributed by atoms with E-state index < -0.39 is 5.97 Å². The van der Waals surface area contributed by atoms with Crippen LogP contribution in [0.25, 0.3) is 0 Å². The van der Waals surface area contributed by atoms with E-state index in [4.69, 9.17) is 0 Å². The number of rotatable bonds is 5. The second-order valence-electron chi connectivity index (χ2n) is 5.55. The third-order valence-corrected chi connectivity index (χ3v) is 3.67. The predicted octanol–water partition coefficient (Wildman–Crippen LogP) is 1.62. The first-order valence-electron chi connectivity index (χ1n) is 6.81. The molecule has 20 heavy (non-hydrogen) atoms. The summed E-state index contributed by atoms with van der Waals surface area (Å²) >= 11 is 0. The van der Waals surface area contributed by atoms with Crippen molar-refractivity contribution in [1.82, 2.24) is 19.3 Å². The average Bonchev–Trinajstić information content (AvgIpc) is 2.99. The van der Waals surface area contributed by atoms with E-state index >= 15 is 0 Å². The van der Waals surface area contributed by atoms with Gasteiger partial charge in [0.1, 0.15) is 0 Å². The van der Waals surface area contributed by atoms with Gasteiger partial charge in [0.15, 0.2) is 0 Å². The predicted molar refractivity (Wildman–Crippen MR) is 72.7 cm³/mol. The average molecular weight is 274 g/mol. The Morgan fingerprint density at radius 3 is 2.75 bits per heavy atom. The molecule has 6 heteroatoms. The summed E-state index contributed by atoms with van der Waals surface area (Å²) in [6.07, 6.45) is 7.14. The summed E-state index contributed by atoms with van der Waals surface area (Å²) < 4.78 is 3.46. The molecular formula is C14H18N4O2. The van der Waals surface area contributed by atoms with Gasteiger partial charge >= 0.3 is 5.97 Å². The zero-order valence-electron chi connectivity index (χ0n) is 11.7. The molecule has 3 rings (SSSR count). The minimum Gasteiger partial charge on any atom is -0.475 e. The highest BCUT2D eigenvalue weighted by Crippen LogP contribution is 2.32. The number of aromatic carboxylic acids is 1. The molecular weight excluding hydrogens is 256 g/mol. The Bertz CT molecular complexity index is 652. The van der Waals surface area contributed by atoms with E-state index in [9.17, 15) is 9.90 Å². The molecule has 1 saturated carbocycles. The van der Waals surface area contributed by atoms with Crippen molar-refractivity contribution in [3.63, 3.8) is 0 Å². The van der Waals surface area contributed by atoms with Crippen LogP contribution in [0.2, 0.25) is 0 Å². The van der Waals surface area contributed by atoms with Crippen molar-refractivity contribution in [2.24, 2.45) is 13.0 Å². The normalized spacial score (nSPS) is 14.7. The van der Waals surface area contributed by atoms with Gasteiger partial charge in [0.2, 0.25) is 5.82 Å². The number of carboxylic acid groups (broad SMARTS) is 1. The fraction of sp³-hybridized carbons (Fsp3) is 0.500. The smallest absolute Gasteiger partial charge is 0.372 e. The number of carboxylic acids is 1. The van der Waals surface area contributed by atoms with E-state index in [2.05, 4.69) is 10.1 Å². The first-order chi connectivity index (χ1) is 9.52. The minimum atomic E-state index is -0.978. The first-order valence-corrected chi connectivity index (χ1v) is 6.81. The monoisotopic (exact) mass is 274 g/mol. The van der Waals surface area contributed by atoms with Crippen LogP contribution in [-0.2, 0) is 20.0 Å². The van der Waals surface area contributed by atoms with Crippen LogP contribution >= 0.6 is 0 Å². The number of hydrogen-bond acceptors (Lipinski definition) is 3. The lowest BCUT2D eigenvalue weighted by molar-refractivity contribution is 0.0678. The van der Waals surface area contributed by atoms with E-state index in [0.29, 0.717) is 12.5 Å². The lowest BCUT2D eigenvalue weighted by Gasteiger charge is -2.03. The summed E-state index contributed by atoms with van der Waals surface area (Å²) in [5.74, 6) is -0.169. The Hall–Kier alpha value is -2.11. The fourth-order valence-corrected chi connectivity index (χ4v) is 2.46. The van der Waals surface area contributed by atoms with Crippen LogP contribution < -0.4 is 0 Å². The maximum absolute atomic E-state index is 11.3. The van der Waals surface area contributed by atoms with Crippen LogP contribution in [0, 0.1) is 12.8 Å². The van der Waals surface area contributed by atoms with Gasteiger partial charge in [0.05, 0.1) is 17.9 Å². The molecule has 0 atom stereocenters. The van der Waals surface area contributed by atoms with Crippen molar-refractivity contribution in [3.05, 3.63) is 35.2 Å². The minimum absolute atomic E-state index is 0.115. The molecule has 2 aromatic heterocycles. The molecule has 0 bridgehead atoms. The van der Waals surface area contributed by atoms with Gasteiger partial charge in [0.25, 0.3) is 0 Å². The summed E-state index contributed by atoms with van der Waals surface area (Å²) in [5, 5.41) is 13.6. The molecule has 6 nitrogen and oxygen atoms in total. The van der Waals surface area contributed by atoms with Gasteiger partial charge in [0, 0.05) is 25.0 Å². The lowest BCUT2D eigenvalue weighted by atomic mass is 10.2. The summed E-state index contributed by atoms with van der Waals surface area (Å²) in [4.78, 5) is 15.6. The third kappa shape index (κ3) is 2.59. The summed E-state index contributed by atoms with van der Waals surface area (Å²) in [7, 11) is 1.86. The van der Waals surface area contributed by atoms with Crippen LogP contribution in [0.5, 0.6) is 0 Å². The van der Waals surface area contributed by atoms with Gasteiger partial charge in [-0.2, -0.15) is 5.10 Å². The Kier molecular flexibility index (Phi) is 3.08. The number of hydrogen-bond donors (Lipinski definition) is 1. The molecule has 0 amide bonds. The molecule has 0 unspecified atom stereocenters. The van der Waals surface area contributed by atoms with Crippen molar-refractivity contribution < 1.29 is 9.90 Å².